The Hall–Kier alpha value is -2.61. The van der Waals surface area contributed by atoms with Gasteiger partial charge in [0, 0.05) is 30.3 Å². The number of nitrogen functional groups attached to an aromatic ring is 1. The first-order chi connectivity index (χ1) is 14.4. The normalized spacial score (nSPS) is 24.8. The van der Waals surface area contributed by atoms with Crippen molar-refractivity contribution < 1.29 is 9.18 Å². The molecule has 2 fully saturated rings. The van der Waals surface area contributed by atoms with Crippen LogP contribution >= 0.6 is 11.6 Å². The van der Waals surface area contributed by atoms with Crippen LogP contribution in [0.3, 0.4) is 0 Å². The Labute approximate surface area is 180 Å². The van der Waals surface area contributed by atoms with E-state index in [-0.39, 0.29) is 29.6 Å². The second-order valence-electron chi connectivity index (χ2n) is 8.06. The topological polar surface area (TPSA) is 87.4 Å². The third kappa shape index (κ3) is 4.14. The maximum absolute atomic E-state index is 14.5. The summed E-state index contributed by atoms with van der Waals surface area (Å²) in [7, 11) is 0. The van der Waals surface area contributed by atoms with Gasteiger partial charge in [0.15, 0.2) is 11.6 Å². The van der Waals surface area contributed by atoms with E-state index in [2.05, 4.69) is 22.2 Å². The largest absolute Gasteiger partial charge is 0.381 e. The number of rotatable bonds is 4. The molecule has 0 saturated carbocycles. The molecule has 160 valence electrons. The zero-order valence-electron chi connectivity index (χ0n) is 16.9. The molecule has 9 heteroatoms. The van der Waals surface area contributed by atoms with Gasteiger partial charge in [0.25, 0.3) is 0 Å². The van der Waals surface area contributed by atoms with Crippen LogP contribution in [0.25, 0.3) is 0 Å². The molecule has 2 aliphatic heterocycles. The number of benzene rings is 1. The fourth-order valence-corrected chi connectivity index (χ4v) is 4.57. The van der Waals surface area contributed by atoms with E-state index in [9.17, 15) is 9.18 Å². The van der Waals surface area contributed by atoms with Gasteiger partial charge in [-0.15, -0.1) is 0 Å². The summed E-state index contributed by atoms with van der Waals surface area (Å²) in [4.78, 5) is 24.9. The van der Waals surface area contributed by atoms with Gasteiger partial charge < -0.3 is 20.9 Å². The van der Waals surface area contributed by atoms with Crippen molar-refractivity contribution in [2.45, 2.75) is 38.3 Å². The number of hydrogen-bond donors (Lipinski definition) is 2. The molecule has 0 spiro atoms. The highest BCUT2D eigenvalue weighted by atomic mass is 35.5. The molecule has 1 aromatic carbocycles. The lowest BCUT2D eigenvalue weighted by Gasteiger charge is -2.46. The minimum atomic E-state index is -0.601. The molecule has 1 aromatic heterocycles. The maximum atomic E-state index is 14.5. The number of likely N-dealkylation sites (tertiary alicyclic amines) is 1. The predicted molar refractivity (Wildman–Crippen MR) is 116 cm³/mol. The number of nitrogens with zero attached hydrogens (tertiary/aromatic N) is 4. The first-order valence-corrected chi connectivity index (χ1v) is 10.7. The van der Waals surface area contributed by atoms with Gasteiger partial charge in [-0.2, -0.15) is 4.39 Å². The van der Waals surface area contributed by atoms with Crippen LogP contribution in [0.1, 0.15) is 26.2 Å². The van der Waals surface area contributed by atoms with E-state index in [0.717, 1.165) is 24.9 Å². The average Bonchev–Trinajstić information content (AvgIpc) is 2.72. The lowest BCUT2D eigenvalue weighted by molar-refractivity contribution is -0.138. The molecule has 0 radical (unpaired) electrons. The van der Waals surface area contributed by atoms with Gasteiger partial charge in [-0.25, -0.2) is 9.97 Å². The van der Waals surface area contributed by atoms with Gasteiger partial charge in [0.1, 0.15) is 12.4 Å². The standard InChI is InChI=1S/C21H26ClFN6O/c1-13-7-9-28(20-18(23)19(24)25-12-26-20)11-17(13)29-8-3-6-16(21(29)30)27-15-5-2-4-14(22)10-15/h2,4-5,10,12-13,16-17,27H,3,6-9,11H2,1H3,(H2,24,25,26)/t13-,16?,17-/m0/s1. The summed E-state index contributed by atoms with van der Waals surface area (Å²) < 4.78 is 14.5. The molecule has 2 aliphatic rings. The second-order valence-corrected chi connectivity index (χ2v) is 8.49. The third-order valence-corrected chi connectivity index (χ3v) is 6.29. The second kappa shape index (κ2) is 8.63. The lowest BCUT2D eigenvalue weighted by atomic mass is 9.89. The van der Waals surface area contributed by atoms with Crippen molar-refractivity contribution in [2.75, 3.05) is 35.6 Å². The van der Waals surface area contributed by atoms with E-state index in [1.807, 2.05) is 28.0 Å². The van der Waals surface area contributed by atoms with E-state index >= 15 is 0 Å². The van der Waals surface area contributed by atoms with Crippen molar-refractivity contribution in [3.05, 3.63) is 41.4 Å². The summed E-state index contributed by atoms with van der Waals surface area (Å²) in [6.45, 7) is 4.03. The van der Waals surface area contributed by atoms with Gasteiger partial charge in [-0.05, 0) is 43.4 Å². The van der Waals surface area contributed by atoms with Crippen molar-refractivity contribution in [1.82, 2.24) is 14.9 Å². The number of nitrogens with two attached hydrogens (primary N) is 1. The summed E-state index contributed by atoms with van der Waals surface area (Å²) in [5.41, 5.74) is 6.45. The summed E-state index contributed by atoms with van der Waals surface area (Å²) in [5.74, 6) is -0.177. The van der Waals surface area contributed by atoms with E-state index in [4.69, 9.17) is 17.3 Å². The van der Waals surface area contributed by atoms with Crippen LogP contribution in [-0.4, -0.2) is 52.5 Å². The highest BCUT2D eigenvalue weighted by Crippen LogP contribution is 2.30. The first kappa shape index (κ1) is 20.7. The molecule has 3 atom stereocenters. The van der Waals surface area contributed by atoms with Gasteiger partial charge in [-0.1, -0.05) is 24.6 Å². The average molecular weight is 433 g/mol. The zero-order valence-corrected chi connectivity index (χ0v) is 17.6. The molecule has 30 heavy (non-hydrogen) atoms. The highest BCUT2D eigenvalue weighted by Gasteiger charge is 2.39. The van der Waals surface area contributed by atoms with Crippen LogP contribution < -0.4 is 16.0 Å². The number of hydrogen-bond acceptors (Lipinski definition) is 6. The molecule has 0 bridgehead atoms. The lowest BCUT2D eigenvalue weighted by Crippen LogP contribution is -2.59. The zero-order chi connectivity index (χ0) is 21.3. The molecule has 3 heterocycles. The Balaban J connectivity index is 1.51. The maximum Gasteiger partial charge on any atom is 0.245 e. The van der Waals surface area contributed by atoms with Crippen LogP contribution in [-0.2, 0) is 4.79 Å². The smallest absolute Gasteiger partial charge is 0.245 e. The predicted octanol–water partition coefficient (Wildman–Crippen LogP) is 3.17. The number of carbonyl (C=O) groups is 1. The van der Waals surface area contributed by atoms with E-state index in [1.54, 1.807) is 6.07 Å². The van der Waals surface area contributed by atoms with E-state index < -0.39 is 5.82 Å². The molecule has 0 aliphatic carbocycles. The number of nitrogens with one attached hydrogen (secondary N) is 1. The molecule has 2 aromatic rings. The Morgan fingerprint density at radius 1 is 1.27 bits per heavy atom. The molecule has 2 saturated heterocycles. The number of carbonyl (C=O) groups excluding carboxylic acids is 1. The summed E-state index contributed by atoms with van der Waals surface area (Å²) in [6.07, 6.45) is 3.79. The van der Waals surface area contributed by atoms with Crippen LogP contribution in [0, 0.1) is 11.7 Å². The SMILES string of the molecule is C[C@H]1CCN(c2ncnc(N)c2F)C[C@@H]1N1CCCC(Nc2cccc(Cl)c2)C1=O. The Morgan fingerprint density at radius 3 is 2.90 bits per heavy atom. The Morgan fingerprint density at radius 2 is 2.10 bits per heavy atom. The Kier molecular flexibility index (Phi) is 5.94. The number of amides is 1. The monoisotopic (exact) mass is 432 g/mol. The molecule has 1 amide bonds. The highest BCUT2D eigenvalue weighted by molar-refractivity contribution is 6.30. The van der Waals surface area contributed by atoms with Crippen molar-refractivity contribution in [1.29, 1.82) is 0 Å². The fraction of sp³-hybridized carbons (Fsp3) is 0.476. The molecule has 4 rings (SSSR count). The molecular weight excluding hydrogens is 407 g/mol. The summed E-state index contributed by atoms with van der Waals surface area (Å²) in [6, 6.07) is 7.07. The minimum absolute atomic E-state index is 0.0224. The van der Waals surface area contributed by atoms with Gasteiger partial charge in [-0.3, -0.25) is 4.79 Å². The fourth-order valence-electron chi connectivity index (χ4n) is 4.38. The van der Waals surface area contributed by atoms with Crippen LogP contribution in [0.2, 0.25) is 5.02 Å². The van der Waals surface area contributed by atoms with E-state index in [0.29, 0.717) is 30.6 Å². The van der Waals surface area contributed by atoms with Gasteiger partial charge in [0.2, 0.25) is 11.7 Å². The van der Waals surface area contributed by atoms with Crippen LogP contribution in [0.4, 0.5) is 21.7 Å². The Bertz CT molecular complexity index is 928. The number of aromatic nitrogens is 2. The van der Waals surface area contributed by atoms with Crippen molar-refractivity contribution in [3.8, 4) is 0 Å². The number of anilines is 3. The molecular formula is C21H26ClFN6O. The van der Waals surface area contributed by atoms with Crippen LogP contribution in [0.15, 0.2) is 30.6 Å². The van der Waals surface area contributed by atoms with E-state index in [1.165, 1.54) is 6.33 Å². The van der Waals surface area contributed by atoms with Gasteiger partial charge in [0.05, 0.1) is 6.04 Å². The summed E-state index contributed by atoms with van der Waals surface area (Å²) in [5, 5.41) is 3.96. The molecule has 3 N–H and O–H groups in total. The van der Waals surface area contributed by atoms with Crippen LogP contribution in [0.5, 0.6) is 0 Å². The molecule has 7 nitrogen and oxygen atoms in total. The quantitative estimate of drug-likeness (QED) is 0.771. The first-order valence-electron chi connectivity index (χ1n) is 10.3. The third-order valence-electron chi connectivity index (χ3n) is 6.06. The molecule has 1 unspecified atom stereocenters. The van der Waals surface area contributed by atoms with Gasteiger partial charge >= 0.3 is 0 Å². The van der Waals surface area contributed by atoms with Crippen molar-refractivity contribution >= 4 is 34.8 Å². The number of halogens is 2. The number of piperidine rings is 2. The minimum Gasteiger partial charge on any atom is -0.381 e. The summed E-state index contributed by atoms with van der Waals surface area (Å²) >= 11 is 6.08. The van der Waals surface area contributed by atoms with Crippen molar-refractivity contribution in [3.63, 3.8) is 0 Å². The van der Waals surface area contributed by atoms with Crippen molar-refractivity contribution in [2.24, 2.45) is 5.92 Å².